The van der Waals surface area contributed by atoms with Gasteiger partial charge in [0.05, 0.1) is 0 Å². The van der Waals surface area contributed by atoms with Crippen molar-refractivity contribution in [3.05, 3.63) is 35.9 Å². The van der Waals surface area contributed by atoms with Gasteiger partial charge in [-0.05, 0) is 24.2 Å². The van der Waals surface area contributed by atoms with E-state index in [1.54, 1.807) is 0 Å². The molecule has 0 N–H and O–H groups in total. The Bertz CT molecular complexity index is 361. The highest BCUT2D eigenvalue weighted by Gasteiger charge is 2.26. The van der Waals surface area contributed by atoms with Gasteiger partial charge in [-0.2, -0.15) is 0 Å². The molecule has 0 aliphatic carbocycles. The highest BCUT2D eigenvalue weighted by Crippen LogP contribution is 2.08. The molecule has 2 rings (SSSR count). The third kappa shape index (κ3) is 2.33. The summed E-state index contributed by atoms with van der Waals surface area (Å²) in [4.78, 5) is 12.8. The maximum absolute atomic E-state index is 11.3. The number of rotatable bonds is 3. The van der Waals surface area contributed by atoms with Crippen molar-refractivity contribution in [3.8, 4) is 0 Å². The highest BCUT2D eigenvalue weighted by atomic mass is 32.1. The van der Waals surface area contributed by atoms with Gasteiger partial charge >= 0.3 is 0 Å². The van der Waals surface area contributed by atoms with E-state index in [1.807, 2.05) is 30.3 Å². The van der Waals surface area contributed by atoms with Crippen molar-refractivity contribution >= 4 is 23.3 Å². The van der Waals surface area contributed by atoms with E-state index in [2.05, 4.69) is 0 Å². The summed E-state index contributed by atoms with van der Waals surface area (Å²) in [7, 11) is 0. The van der Waals surface area contributed by atoms with Gasteiger partial charge in [0.25, 0.3) is 11.1 Å². The Kier molecular flexibility index (Phi) is 2.97. The van der Waals surface area contributed by atoms with Crippen LogP contribution in [0.5, 0.6) is 0 Å². The van der Waals surface area contributed by atoms with Gasteiger partial charge in [0.1, 0.15) is 0 Å². The first-order valence-corrected chi connectivity index (χ1v) is 5.19. The number of ether oxygens (including phenoxy) is 1. The minimum Gasteiger partial charge on any atom is -0.460 e. The lowest BCUT2D eigenvalue weighted by atomic mass is 10.1. The molecular formula is C11H11NO2S. The molecule has 1 aliphatic rings. The van der Waals surface area contributed by atoms with E-state index in [-0.39, 0.29) is 12.5 Å². The second-order valence-corrected chi connectivity index (χ2v) is 3.68. The van der Waals surface area contributed by atoms with Crippen LogP contribution in [0.25, 0.3) is 0 Å². The third-order valence-corrected chi connectivity index (χ3v) is 2.65. The number of carbonyl (C=O) groups is 1. The second-order valence-electron chi connectivity index (χ2n) is 3.34. The summed E-state index contributed by atoms with van der Waals surface area (Å²) in [5.41, 5.74) is 1.19. The van der Waals surface area contributed by atoms with E-state index in [0.29, 0.717) is 11.7 Å². The van der Waals surface area contributed by atoms with Gasteiger partial charge in [0.2, 0.25) is 0 Å². The molecule has 1 amide bonds. The molecule has 0 bridgehead atoms. The summed E-state index contributed by atoms with van der Waals surface area (Å²) < 4.78 is 4.97. The lowest BCUT2D eigenvalue weighted by molar-refractivity contribution is -0.125. The fourth-order valence-corrected chi connectivity index (χ4v) is 1.73. The zero-order valence-electron chi connectivity index (χ0n) is 8.18. The standard InChI is InChI=1S/C11H11NO2S/c13-10-8-14-11(15)12(10)7-6-9-4-2-1-3-5-9/h1-5H,6-8H2. The third-order valence-electron chi connectivity index (χ3n) is 2.31. The topological polar surface area (TPSA) is 29.5 Å². The summed E-state index contributed by atoms with van der Waals surface area (Å²) >= 11 is 4.92. The van der Waals surface area contributed by atoms with Gasteiger partial charge in [-0.25, -0.2) is 0 Å². The van der Waals surface area contributed by atoms with Gasteiger partial charge in [0, 0.05) is 6.54 Å². The molecule has 0 spiro atoms. The number of carbonyl (C=O) groups excluding carboxylic acids is 1. The first kappa shape index (κ1) is 10.1. The average Bonchev–Trinajstić information content (AvgIpc) is 2.58. The molecule has 78 valence electrons. The summed E-state index contributed by atoms with van der Waals surface area (Å²) in [5, 5.41) is 0.302. The zero-order chi connectivity index (χ0) is 10.7. The molecule has 1 saturated heterocycles. The largest absolute Gasteiger partial charge is 0.460 e. The lowest BCUT2D eigenvalue weighted by Gasteiger charge is -2.12. The normalized spacial score (nSPS) is 15.6. The van der Waals surface area contributed by atoms with Crippen molar-refractivity contribution in [3.63, 3.8) is 0 Å². The molecule has 1 aliphatic heterocycles. The Balaban J connectivity index is 1.93. The van der Waals surface area contributed by atoms with Crippen LogP contribution < -0.4 is 0 Å². The van der Waals surface area contributed by atoms with Crippen molar-refractivity contribution in [2.24, 2.45) is 0 Å². The maximum Gasteiger partial charge on any atom is 0.268 e. The molecule has 1 aromatic carbocycles. The summed E-state index contributed by atoms with van der Waals surface area (Å²) in [5.74, 6) is -0.0454. The van der Waals surface area contributed by atoms with Crippen LogP contribution in [0.2, 0.25) is 0 Å². The van der Waals surface area contributed by atoms with Crippen molar-refractivity contribution in [1.82, 2.24) is 4.90 Å². The smallest absolute Gasteiger partial charge is 0.268 e. The Morgan fingerprint density at radius 3 is 2.67 bits per heavy atom. The maximum atomic E-state index is 11.3. The molecule has 1 fully saturated rings. The Morgan fingerprint density at radius 1 is 1.33 bits per heavy atom. The minimum absolute atomic E-state index is 0.0454. The van der Waals surface area contributed by atoms with Crippen LogP contribution in [0, 0.1) is 0 Å². The highest BCUT2D eigenvalue weighted by molar-refractivity contribution is 7.80. The number of thiocarbonyl (C=S) groups is 1. The van der Waals surface area contributed by atoms with Crippen LogP contribution in [-0.4, -0.2) is 29.1 Å². The molecule has 0 radical (unpaired) electrons. The van der Waals surface area contributed by atoms with Gasteiger partial charge < -0.3 is 4.74 Å². The molecule has 0 atom stereocenters. The summed E-state index contributed by atoms with van der Waals surface area (Å²) in [6.45, 7) is 0.690. The van der Waals surface area contributed by atoms with E-state index in [4.69, 9.17) is 17.0 Å². The summed E-state index contributed by atoms with van der Waals surface area (Å²) in [6.07, 6.45) is 0.802. The minimum atomic E-state index is -0.0454. The Morgan fingerprint density at radius 2 is 2.07 bits per heavy atom. The number of hydrogen-bond donors (Lipinski definition) is 0. The number of benzene rings is 1. The van der Waals surface area contributed by atoms with E-state index < -0.39 is 0 Å². The Labute approximate surface area is 93.6 Å². The fourth-order valence-electron chi connectivity index (χ4n) is 1.48. The molecule has 4 heteroatoms. The predicted octanol–water partition coefficient (Wildman–Crippen LogP) is 1.37. The molecular weight excluding hydrogens is 210 g/mol. The predicted molar refractivity (Wildman–Crippen MR) is 60.4 cm³/mol. The number of amides is 1. The van der Waals surface area contributed by atoms with Crippen LogP contribution in [0.1, 0.15) is 5.56 Å². The number of nitrogens with zero attached hydrogens (tertiary/aromatic N) is 1. The summed E-state index contributed by atoms with van der Waals surface area (Å²) in [6, 6.07) is 10.00. The molecule has 0 aromatic heterocycles. The molecule has 0 unspecified atom stereocenters. The quantitative estimate of drug-likeness (QED) is 0.722. The van der Waals surface area contributed by atoms with Crippen molar-refractivity contribution in [2.75, 3.05) is 13.2 Å². The van der Waals surface area contributed by atoms with Gasteiger partial charge in [-0.1, -0.05) is 30.3 Å². The van der Waals surface area contributed by atoms with Crippen LogP contribution in [0.15, 0.2) is 30.3 Å². The Hall–Kier alpha value is -1.42. The van der Waals surface area contributed by atoms with E-state index in [1.165, 1.54) is 10.5 Å². The van der Waals surface area contributed by atoms with Crippen molar-refractivity contribution < 1.29 is 9.53 Å². The van der Waals surface area contributed by atoms with E-state index in [0.717, 1.165) is 6.42 Å². The molecule has 3 nitrogen and oxygen atoms in total. The van der Waals surface area contributed by atoms with Crippen LogP contribution in [0.3, 0.4) is 0 Å². The van der Waals surface area contributed by atoms with Crippen LogP contribution in [0.4, 0.5) is 0 Å². The average molecular weight is 221 g/mol. The zero-order valence-corrected chi connectivity index (χ0v) is 9.00. The number of hydrogen-bond acceptors (Lipinski definition) is 3. The second kappa shape index (κ2) is 4.40. The molecule has 1 aromatic rings. The lowest BCUT2D eigenvalue weighted by Crippen LogP contribution is -2.30. The first-order valence-electron chi connectivity index (χ1n) is 4.78. The van der Waals surface area contributed by atoms with Crippen molar-refractivity contribution in [2.45, 2.75) is 6.42 Å². The SMILES string of the molecule is O=C1COC(=S)N1CCc1ccccc1. The van der Waals surface area contributed by atoms with Gasteiger partial charge in [0.15, 0.2) is 6.61 Å². The van der Waals surface area contributed by atoms with Gasteiger partial charge in [-0.3, -0.25) is 9.69 Å². The van der Waals surface area contributed by atoms with Gasteiger partial charge in [-0.15, -0.1) is 0 Å². The van der Waals surface area contributed by atoms with Crippen LogP contribution in [-0.2, 0) is 16.0 Å². The molecule has 15 heavy (non-hydrogen) atoms. The molecule has 1 heterocycles. The van der Waals surface area contributed by atoms with Crippen LogP contribution >= 0.6 is 12.2 Å². The van der Waals surface area contributed by atoms with E-state index >= 15 is 0 Å². The fraction of sp³-hybridized carbons (Fsp3) is 0.273. The monoisotopic (exact) mass is 221 g/mol. The van der Waals surface area contributed by atoms with Crippen molar-refractivity contribution in [1.29, 1.82) is 0 Å². The first-order chi connectivity index (χ1) is 7.27. The molecule has 0 saturated carbocycles. The van der Waals surface area contributed by atoms with E-state index in [9.17, 15) is 4.79 Å².